The van der Waals surface area contributed by atoms with Gasteiger partial charge in [-0.05, 0) is 49.9 Å². The molecule has 0 radical (unpaired) electrons. The number of hydrogen-bond donors (Lipinski definition) is 0. The summed E-state index contributed by atoms with van der Waals surface area (Å²) in [4.78, 5) is 34.4. The Kier molecular flexibility index (Phi) is 7.69. The number of hydrogen-bond acceptors (Lipinski definition) is 5. The van der Waals surface area contributed by atoms with Crippen LogP contribution in [0.3, 0.4) is 0 Å². The number of aromatic nitrogens is 1. The Balaban J connectivity index is 1.36. The Hall–Kier alpha value is -2.44. The highest BCUT2D eigenvalue weighted by atomic mass is 35.5. The number of carbonyl (C=O) groups excluding carboxylic acids is 2. The van der Waals surface area contributed by atoms with Gasteiger partial charge in [0.1, 0.15) is 0 Å². The van der Waals surface area contributed by atoms with Crippen molar-refractivity contribution in [1.29, 1.82) is 0 Å². The molecule has 2 aliphatic rings. The molecule has 2 fully saturated rings. The van der Waals surface area contributed by atoms with Gasteiger partial charge >= 0.3 is 5.97 Å². The monoisotopic (exact) mass is 510 g/mol. The van der Waals surface area contributed by atoms with Gasteiger partial charge in [-0.3, -0.25) is 4.79 Å². The minimum absolute atomic E-state index is 0.0548. The maximum atomic E-state index is 13.5. The van der Waals surface area contributed by atoms with Crippen molar-refractivity contribution in [2.45, 2.75) is 76.3 Å². The van der Waals surface area contributed by atoms with Crippen LogP contribution in [-0.2, 0) is 9.53 Å². The van der Waals surface area contributed by atoms with Gasteiger partial charge in [-0.15, -0.1) is 11.3 Å². The molecular formula is C28H31ClN2O3S. The van der Waals surface area contributed by atoms with E-state index in [1.54, 1.807) is 6.07 Å². The van der Waals surface area contributed by atoms with Crippen LogP contribution in [0, 0.1) is 0 Å². The summed E-state index contributed by atoms with van der Waals surface area (Å²) in [6.45, 7) is -0.220. The smallest absolute Gasteiger partial charge is 0.339 e. The molecule has 2 aromatic heterocycles. The number of pyridine rings is 1. The number of halogens is 1. The number of para-hydroxylation sites is 1. The van der Waals surface area contributed by atoms with Crippen LogP contribution in [0.25, 0.3) is 21.5 Å². The van der Waals surface area contributed by atoms with E-state index >= 15 is 0 Å². The van der Waals surface area contributed by atoms with Crippen LogP contribution in [0.4, 0.5) is 0 Å². The van der Waals surface area contributed by atoms with Crippen LogP contribution in [-0.4, -0.2) is 40.5 Å². The van der Waals surface area contributed by atoms with Gasteiger partial charge < -0.3 is 9.64 Å². The molecule has 184 valence electrons. The van der Waals surface area contributed by atoms with Crippen molar-refractivity contribution in [3.8, 4) is 10.6 Å². The zero-order chi connectivity index (χ0) is 24.2. The first-order valence-corrected chi connectivity index (χ1v) is 13.9. The van der Waals surface area contributed by atoms with Gasteiger partial charge in [-0.25, -0.2) is 9.78 Å². The molecule has 1 amide bonds. The van der Waals surface area contributed by atoms with Crippen molar-refractivity contribution in [1.82, 2.24) is 9.88 Å². The van der Waals surface area contributed by atoms with E-state index in [0.717, 1.165) is 30.6 Å². The maximum Gasteiger partial charge on any atom is 0.339 e. The van der Waals surface area contributed by atoms with Gasteiger partial charge in [-0.1, -0.05) is 68.3 Å². The van der Waals surface area contributed by atoms with E-state index in [4.69, 9.17) is 21.3 Å². The summed E-state index contributed by atoms with van der Waals surface area (Å²) < 4.78 is 6.34. The predicted molar refractivity (Wildman–Crippen MR) is 141 cm³/mol. The summed E-state index contributed by atoms with van der Waals surface area (Å²) in [5, 5.41) is 0.716. The molecule has 5 nitrogen and oxygen atoms in total. The lowest BCUT2D eigenvalue weighted by Gasteiger charge is -2.41. The van der Waals surface area contributed by atoms with Crippen molar-refractivity contribution in [2.75, 3.05) is 6.61 Å². The lowest BCUT2D eigenvalue weighted by molar-refractivity contribution is -0.141. The summed E-state index contributed by atoms with van der Waals surface area (Å²) in [5.41, 5.74) is 1.80. The molecule has 3 aromatic rings. The number of rotatable bonds is 6. The average molecular weight is 511 g/mol. The highest BCUT2D eigenvalue weighted by molar-refractivity contribution is 7.19. The number of thiophene rings is 1. The topological polar surface area (TPSA) is 59.5 Å². The number of fused-ring (bicyclic) bond motifs is 1. The zero-order valence-electron chi connectivity index (χ0n) is 19.9. The number of carbonyl (C=O) groups is 2. The second-order valence-electron chi connectivity index (χ2n) is 9.64. The van der Waals surface area contributed by atoms with E-state index in [-0.39, 0.29) is 24.6 Å². The molecule has 5 rings (SSSR count). The van der Waals surface area contributed by atoms with Crippen LogP contribution in [0.5, 0.6) is 0 Å². The predicted octanol–water partition coefficient (Wildman–Crippen LogP) is 7.27. The number of ether oxygens (including phenoxy) is 1. The van der Waals surface area contributed by atoms with Crippen molar-refractivity contribution >= 4 is 45.7 Å². The van der Waals surface area contributed by atoms with Crippen LogP contribution in [0.1, 0.15) is 74.6 Å². The second kappa shape index (κ2) is 11.1. The fourth-order valence-electron chi connectivity index (χ4n) is 5.63. The first-order valence-electron chi connectivity index (χ1n) is 12.7. The summed E-state index contributed by atoms with van der Waals surface area (Å²) in [5.74, 6) is -0.547. The number of amides is 1. The number of benzene rings is 1. The van der Waals surface area contributed by atoms with Crippen LogP contribution < -0.4 is 0 Å². The molecule has 7 heteroatoms. The largest absolute Gasteiger partial charge is 0.452 e. The van der Waals surface area contributed by atoms with E-state index in [1.165, 1.54) is 49.9 Å². The molecule has 0 atom stereocenters. The molecule has 0 spiro atoms. The number of nitrogens with zero attached hydrogens (tertiary/aromatic N) is 2. The van der Waals surface area contributed by atoms with Crippen molar-refractivity contribution in [3.63, 3.8) is 0 Å². The lowest BCUT2D eigenvalue weighted by Crippen LogP contribution is -2.50. The highest BCUT2D eigenvalue weighted by Crippen LogP contribution is 2.33. The quantitative estimate of drug-likeness (QED) is 0.327. The van der Waals surface area contributed by atoms with E-state index in [2.05, 4.69) is 4.90 Å². The van der Waals surface area contributed by atoms with Crippen LogP contribution in [0.2, 0.25) is 4.34 Å². The normalized spacial score (nSPS) is 17.4. The minimum Gasteiger partial charge on any atom is -0.452 e. The van der Waals surface area contributed by atoms with Crippen molar-refractivity contribution in [3.05, 3.63) is 52.4 Å². The first kappa shape index (κ1) is 24.3. The van der Waals surface area contributed by atoms with E-state index in [0.29, 0.717) is 26.5 Å². The maximum absolute atomic E-state index is 13.5. The molecule has 0 saturated heterocycles. The summed E-state index contributed by atoms with van der Waals surface area (Å²) >= 11 is 7.54. The van der Waals surface area contributed by atoms with Gasteiger partial charge in [0.15, 0.2) is 6.61 Å². The Morgan fingerprint density at radius 3 is 2.23 bits per heavy atom. The zero-order valence-corrected chi connectivity index (χ0v) is 21.5. The SMILES string of the molecule is O=C(OCC(=O)N(C1CCCCC1)C1CCCCC1)c1cc(-c2ccc(Cl)s2)nc2ccccc12. The molecule has 0 unspecified atom stereocenters. The van der Waals surface area contributed by atoms with E-state index < -0.39 is 5.97 Å². The molecular weight excluding hydrogens is 480 g/mol. The van der Waals surface area contributed by atoms with Gasteiger partial charge in [0.25, 0.3) is 5.91 Å². The van der Waals surface area contributed by atoms with Gasteiger partial charge in [0.2, 0.25) is 0 Å². The Labute approximate surface area is 215 Å². The minimum atomic E-state index is -0.493. The third kappa shape index (κ3) is 5.54. The van der Waals surface area contributed by atoms with Crippen LogP contribution in [0.15, 0.2) is 42.5 Å². The summed E-state index contributed by atoms with van der Waals surface area (Å²) in [7, 11) is 0. The second-order valence-corrected chi connectivity index (χ2v) is 11.4. The highest BCUT2D eigenvalue weighted by Gasteiger charge is 2.33. The molecule has 35 heavy (non-hydrogen) atoms. The molecule has 1 aromatic carbocycles. The molecule has 2 heterocycles. The van der Waals surface area contributed by atoms with Gasteiger partial charge in [0, 0.05) is 17.5 Å². The van der Waals surface area contributed by atoms with E-state index in [9.17, 15) is 9.59 Å². The van der Waals surface area contributed by atoms with Gasteiger partial charge in [0.05, 0.1) is 26.0 Å². The molecule has 0 N–H and O–H groups in total. The lowest BCUT2D eigenvalue weighted by atomic mass is 9.88. The third-order valence-corrected chi connectivity index (χ3v) is 8.57. The molecule has 0 bridgehead atoms. The standard InChI is InChI=1S/C28H31ClN2O3S/c29-26-16-15-25(35-26)24-17-22(21-13-7-8-14-23(21)30-24)28(33)34-18-27(32)31(19-9-3-1-4-10-19)20-11-5-2-6-12-20/h7-8,13-17,19-20H,1-6,9-12,18H2. The van der Waals surface area contributed by atoms with Crippen LogP contribution >= 0.6 is 22.9 Å². The average Bonchev–Trinajstić information content (AvgIpc) is 3.34. The Morgan fingerprint density at radius 1 is 0.943 bits per heavy atom. The molecule has 2 aliphatic carbocycles. The Morgan fingerprint density at radius 2 is 1.60 bits per heavy atom. The van der Waals surface area contributed by atoms with Crippen molar-refractivity contribution < 1.29 is 14.3 Å². The van der Waals surface area contributed by atoms with Gasteiger partial charge in [-0.2, -0.15) is 0 Å². The molecule has 0 aliphatic heterocycles. The fourth-order valence-corrected chi connectivity index (χ4v) is 6.63. The third-order valence-electron chi connectivity index (χ3n) is 7.31. The Bertz CT molecular complexity index is 1180. The summed E-state index contributed by atoms with van der Waals surface area (Å²) in [6.07, 6.45) is 11.4. The molecule has 2 saturated carbocycles. The van der Waals surface area contributed by atoms with E-state index in [1.807, 2.05) is 36.4 Å². The first-order chi connectivity index (χ1) is 17.1. The number of esters is 1. The fraction of sp³-hybridized carbons (Fsp3) is 0.464. The summed E-state index contributed by atoms with van der Waals surface area (Å²) in [6, 6.07) is 13.5. The van der Waals surface area contributed by atoms with Crippen molar-refractivity contribution in [2.24, 2.45) is 0 Å².